The van der Waals surface area contributed by atoms with Crippen LogP contribution in [-0.2, 0) is 0 Å². The smallest absolute Gasteiger partial charge is 0.0750 e. The maximum atomic E-state index is 9.80. The predicted octanol–water partition coefficient (Wildman–Crippen LogP) is 4.09. The predicted molar refractivity (Wildman–Crippen MR) is 70.3 cm³/mol. The first-order valence-electron chi connectivity index (χ1n) is 6.39. The Labute approximate surface area is 100 Å². The fraction of sp³-hybridized carbons (Fsp3) is 0.733. The number of rotatable bonds is 6. The van der Waals surface area contributed by atoms with Crippen molar-refractivity contribution in [3.63, 3.8) is 0 Å². The van der Waals surface area contributed by atoms with Gasteiger partial charge in [-0.15, -0.1) is 0 Å². The van der Waals surface area contributed by atoms with Crippen LogP contribution in [-0.4, -0.2) is 11.2 Å². The van der Waals surface area contributed by atoms with E-state index in [-0.39, 0.29) is 6.10 Å². The second kappa shape index (κ2) is 5.18. The summed E-state index contributed by atoms with van der Waals surface area (Å²) in [5.41, 5.74) is 2.78. The van der Waals surface area contributed by atoms with Gasteiger partial charge in [0.15, 0.2) is 0 Å². The van der Waals surface area contributed by atoms with E-state index >= 15 is 0 Å². The number of allylic oxidation sites excluding steroid dienone is 1. The SMILES string of the molecule is C=C(CC)C(O)CCC(=C)C1CC(C)(C)C1. The van der Waals surface area contributed by atoms with Crippen LogP contribution in [0.4, 0.5) is 0 Å². The summed E-state index contributed by atoms with van der Waals surface area (Å²) in [6.45, 7) is 14.7. The van der Waals surface area contributed by atoms with Crippen LogP contribution in [0.2, 0.25) is 0 Å². The zero-order chi connectivity index (χ0) is 12.3. The van der Waals surface area contributed by atoms with E-state index in [0.29, 0.717) is 11.3 Å². The molecular weight excluding hydrogens is 196 g/mol. The number of aliphatic hydroxyl groups is 1. The number of aliphatic hydroxyl groups excluding tert-OH is 1. The van der Waals surface area contributed by atoms with Crippen molar-refractivity contribution in [1.82, 2.24) is 0 Å². The van der Waals surface area contributed by atoms with Gasteiger partial charge >= 0.3 is 0 Å². The Bertz CT molecular complexity index is 267. The van der Waals surface area contributed by atoms with Crippen LogP contribution in [0.25, 0.3) is 0 Å². The van der Waals surface area contributed by atoms with Crippen molar-refractivity contribution in [2.24, 2.45) is 11.3 Å². The van der Waals surface area contributed by atoms with E-state index in [1.807, 2.05) is 6.92 Å². The van der Waals surface area contributed by atoms with E-state index in [2.05, 4.69) is 27.0 Å². The van der Waals surface area contributed by atoms with E-state index in [4.69, 9.17) is 0 Å². The van der Waals surface area contributed by atoms with Crippen LogP contribution in [0.5, 0.6) is 0 Å². The molecule has 1 fully saturated rings. The van der Waals surface area contributed by atoms with Crippen molar-refractivity contribution in [2.75, 3.05) is 0 Å². The molecule has 0 aromatic heterocycles. The Kier molecular flexibility index (Phi) is 4.37. The molecule has 0 bridgehead atoms. The Morgan fingerprint density at radius 2 is 1.94 bits per heavy atom. The molecule has 1 unspecified atom stereocenters. The van der Waals surface area contributed by atoms with Gasteiger partial charge in [0.1, 0.15) is 0 Å². The molecule has 16 heavy (non-hydrogen) atoms. The van der Waals surface area contributed by atoms with Gasteiger partial charge in [-0.3, -0.25) is 0 Å². The van der Waals surface area contributed by atoms with Crippen LogP contribution >= 0.6 is 0 Å². The molecule has 1 aliphatic carbocycles. The molecule has 0 aromatic rings. The first kappa shape index (κ1) is 13.5. The van der Waals surface area contributed by atoms with E-state index in [1.165, 1.54) is 18.4 Å². The monoisotopic (exact) mass is 222 g/mol. The molecule has 0 spiro atoms. The van der Waals surface area contributed by atoms with Gasteiger partial charge in [0.05, 0.1) is 6.10 Å². The van der Waals surface area contributed by atoms with Gasteiger partial charge in [-0.1, -0.05) is 39.5 Å². The topological polar surface area (TPSA) is 20.2 Å². The fourth-order valence-corrected chi connectivity index (χ4v) is 2.53. The first-order valence-corrected chi connectivity index (χ1v) is 6.39. The first-order chi connectivity index (χ1) is 7.35. The average Bonchev–Trinajstić information content (AvgIpc) is 2.20. The van der Waals surface area contributed by atoms with Crippen molar-refractivity contribution in [3.05, 3.63) is 24.3 Å². The number of hydrogen-bond acceptors (Lipinski definition) is 1. The molecule has 1 heteroatoms. The highest BCUT2D eigenvalue weighted by Gasteiger charge is 2.36. The summed E-state index contributed by atoms with van der Waals surface area (Å²) in [5.74, 6) is 0.692. The molecule has 1 rings (SSSR count). The van der Waals surface area contributed by atoms with Gasteiger partial charge in [-0.05, 0) is 49.0 Å². The van der Waals surface area contributed by atoms with Crippen molar-refractivity contribution in [1.29, 1.82) is 0 Å². The van der Waals surface area contributed by atoms with Crippen LogP contribution in [0, 0.1) is 11.3 Å². The Balaban J connectivity index is 2.24. The normalized spacial score (nSPS) is 21.2. The largest absolute Gasteiger partial charge is 0.389 e. The molecule has 0 heterocycles. The van der Waals surface area contributed by atoms with Crippen LogP contribution in [0.1, 0.15) is 52.9 Å². The maximum Gasteiger partial charge on any atom is 0.0750 e. The van der Waals surface area contributed by atoms with Gasteiger partial charge in [-0.2, -0.15) is 0 Å². The Morgan fingerprint density at radius 3 is 2.38 bits per heavy atom. The summed E-state index contributed by atoms with van der Waals surface area (Å²) in [6.07, 6.45) is 4.79. The molecule has 1 aliphatic rings. The highest BCUT2D eigenvalue weighted by molar-refractivity contribution is 5.10. The van der Waals surface area contributed by atoms with Crippen LogP contribution in [0.15, 0.2) is 24.3 Å². The average molecular weight is 222 g/mol. The molecule has 1 atom stereocenters. The summed E-state index contributed by atoms with van der Waals surface area (Å²) < 4.78 is 0. The van der Waals surface area contributed by atoms with Crippen LogP contribution in [0.3, 0.4) is 0 Å². The third-order valence-electron chi connectivity index (χ3n) is 3.84. The van der Waals surface area contributed by atoms with Gasteiger partial charge in [0.2, 0.25) is 0 Å². The van der Waals surface area contributed by atoms with E-state index < -0.39 is 0 Å². The van der Waals surface area contributed by atoms with Crippen molar-refractivity contribution < 1.29 is 5.11 Å². The molecule has 1 saturated carbocycles. The summed E-state index contributed by atoms with van der Waals surface area (Å²) in [7, 11) is 0. The lowest BCUT2D eigenvalue weighted by atomic mass is 9.62. The summed E-state index contributed by atoms with van der Waals surface area (Å²) in [6, 6.07) is 0. The third-order valence-corrected chi connectivity index (χ3v) is 3.84. The van der Waals surface area contributed by atoms with E-state index in [1.54, 1.807) is 0 Å². The molecule has 1 nitrogen and oxygen atoms in total. The lowest BCUT2D eigenvalue weighted by molar-refractivity contribution is 0.118. The fourth-order valence-electron chi connectivity index (χ4n) is 2.53. The molecule has 0 amide bonds. The van der Waals surface area contributed by atoms with Crippen molar-refractivity contribution in [2.45, 2.75) is 59.0 Å². The molecule has 0 saturated heterocycles. The zero-order valence-corrected chi connectivity index (χ0v) is 11.1. The van der Waals surface area contributed by atoms with Crippen molar-refractivity contribution in [3.8, 4) is 0 Å². The molecule has 0 aromatic carbocycles. The van der Waals surface area contributed by atoms with Gasteiger partial charge in [0, 0.05) is 0 Å². The van der Waals surface area contributed by atoms with Crippen molar-refractivity contribution >= 4 is 0 Å². The minimum absolute atomic E-state index is 0.338. The maximum absolute atomic E-state index is 9.80. The minimum Gasteiger partial charge on any atom is -0.389 e. The summed E-state index contributed by atoms with van der Waals surface area (Å²) in [5, 5.41) is 9.80. The number of hydrogen-bond donors (Lipinski definition) is 1. The van der Waals surface area contributed by atoms with E-state index in [9.17, 15) is 5.11 Å². The van der Waals surface area contributed by atoms with Gasteiger partial charge in [-0.25, -0.2) is 0 Å². The second-order valence-electron chi connectivity index (χ2n) is 5.99. The Hall–Kier alpha value is -0.560. The minimum atomic E-state index is -0.338. The molecule has 92 valence electrons. The third kappa shape index (κ3) is 3.48. The molecular formula is C15H26O. The summed E-state index contributed by atoms with van der Waals surface area (Å²) in [4.78, 5) is 0. The molecule has 0 aliphatic heterocycles. The highest BCUT2D eigenvalue weighted by Crippen LogP contribution is 2.48. The van der Waals surface area contributed by atoms with Gasteiger partial charge < -0.3 is 5.11 Å². The molecule has 1 N–H and O–H groups in total. The zero-order valence-electron chi connectivity index (χ0n) is 11.1. The summed E-state index contributed by atoms with van der Waals surface area (Å²) >= 11 is 0. The highest BCUT2D eigenvalue weighted by atomic mass is 16.3. The van der Waals surface area contributed by atoms with E-state index in [0.717, 1.165) is 24.8 Å². The quantitative estimate of drug-likeness (QED) is 0.671. The second-order valence-corrected chi connectivity index (χ2v) is 5.99. The lowest BCUT2D eigenvalue weighted by Crippen LogP contribution is -2.32. The molecule has 0 radical (unpaired) electrons. The standard InChI is InChI=1S/C15H26O/c1-6-11(2)14(16)8-7-12(3)13-9-15(4,5)10-13/h13-14,16H,2-3,6-10H2,1,4-5H3. The Morgan fingerprint density at radius 1 is 1.38 bits per heavy atom. The lowest BCUT2D eigenvalue weighted by Gasteiger charge is -2.44. The van der Waals surface area contributed by atoms with Crippen LogP contribution < -0.4 is 0 Å². The van der Waals surface area contributed by atoms with Gasteiger partial charge in [0.25, 0.3) is 0 Å².